The monoisotopic (exact) mass is 501 g/mol. The number of amides is 1. The number of Topliss-reactive ketones (excluding diaryl/α,β-unsaturated/α-hetero) is 1. The number of hydrogen-bond acceptors (Lipinski definition) is 7. The van der Waals surface area contributed by atoms with Gasteiger partial charge in [-0.05, 0) is 50.2 Å². The van der Waals surface area contributed by atoms with Crippen molar-refractivity contribution in [1.29, 1.82) is 0 Å². The van der Waals surface area contributed by atoms with Crippen LogP contribution in [0.4, 0.5) is 5.69 Å². The van der Waals surface area contributed by atoms with Gasteiger partial charge in [-0.25, -0.2) is 4.79 Å². The van der Waals surface area contributed by atoms with E-state index in [9.17, 15) is 19.5 Å². The third-order valence-corrected chi connectivity index (χ3v) is 5.90. The molecule has 0 saturated carbocycles. The Bertz CT molecular complexity index is 1390. The van der Waals surface area contributed by atoms with Crippen LogP contribution in [0.5, 0.6) is 11.5 Å². The summed E-state index contributed by atoms with van der Waals surface area (Å²) in [6.07, 6.45) is -0.0985. The minimum absolute atomic E-state index is 0.0985. The zero-order chi connectivity index (χ0) is 26.7. The van der Waals surface area contributed by atoms with E-state index in [2.05, 4.69) is 0 Å². The molecule has 1 N–H and O–H groups in total. The summed E-state index contributed by atoms with van der Waals surface area (Å²) in [6.45, 7) is 3.75. The van der Waals surface area contributed by atoms with Crippen molar-refractivity contribution in [3.05, 3.63) is 95.1 Å². The number of carbonyl (C=O) groups excluding carboxylic acids is 3. The number of hydrogen-bond donors (Lipinski definition) is 1. The molecule has 0 spiro atoms. The molecule has 3 aromatic carbocycles. The van der Waals surface area contributed by atoms with Crippen LogP contribution >= 0.6 is 0 Å². The van der Waals surface area contributed by atoms with Gasteiger partial charge in [-0.15, -0.1) is 0 Å². The van der Waals surface area contributed by atoms with Crippen molar-refractivity contribution in [2.24, 2.45) is 0 Å². The van der Waals surface area contributed by atoms with Crippen LogP contribution in [-0.4, -0.2) is 43.1 Å². The number of ketones is 1. The molecule has 1 heterocycles. The number of anilines is 1. The first-order chi connectivity index (χ1) is 17.8. The third-order valence-electron chi connectivity index (χ3n) is 5.90. The summed E-state index contributed by atoms with van der Waals surface area (Å²) in [4.78, 5) is 40.3. The summed E-state index contributed by atoms with van der Waals surface area (Å²) in [7, 11) is 2.74. The van der Waals surface area contributed by atoms with Gasteiger partial charge in [0.2, 0.25) is 0 Å². The Labute approximate surface area is 214 Å². The molecule has 8 nitrogen and oxygen atoms in total. The molecule has 8 heteroatoms. The van der Waals surface area contributed by atoms with Crippen LogP contribution in [0.2, 0.25) is 0 Å². The number of nitrogens with zero attached hydrogens (tertiary/aromatic N) is 1. The summed E-state index contributed by atoms with van der Waals surface area (Å²) in [5.74, 6) is -1.73. The van der Waals surface area contributed by atoms with E-state index in [0.29, 0.717) is 22.6 Å². The van der Waals surface area contributed by atoms with E-state index in [1.807, 2.05) is 13.8 Å². The average Bonchev–Trinajstić information content (AvgIpc) is 3.17. The first kappa shape index (κ1) is 25.5. The SMILES string of the molecule is COC(=O)c1cccc(N2C(=O)C(=O)/C(=C(/O)c3cccc(OC(C)C)c3)C2c2ccccc2OC)c1. The topological polar surface area (TPSA) is 102 Å². The number of aliphatic hydroxyl groups excluding tert-OH is 1. The Morgan fingerprint density at radius 2 is 1.62 bits per heavy atom. The van der Waals surface area contributed by atoms with E-state index < -0.39 is 23.7 Å². The second-order valence-electron chi connectivity index (χ2n) is 8.65. The van der Waals surface area contributed by atoms with Crippen molar-refractivity contribution in [3.8, 4) is 11.5 Å². The number of esters is 1. The Morgan fingerprint density at radius 3 is 2.32 bits per heavy atom. The van der Waals surface area contributed by atoms with Crippen LogP contribution in [0.25, 0.3) is 5.76 Å². The van der Waals surface area contributed by atoms with Crippen molar-refractivity contribution in [3.63, 3.8) is 0 Å². The molecule has 0 bridgehead atoms. The van der Waals surface area contributed by atoms with Crippen LogP contribution < -0.4 is 14.4 Å². The molecule has 1 unspecified atom stereocenters. The Hall–Kier alpha value is -4.59. The van der Waals surface area contributed by atoms with Gasteiger partial charge in [0.15, 0.2) is 0 Å². The van der Waals surface area contributed by atoms with Gasteiger partial charge in [-0.1, -0.05) is 36.4 Å². The number of methoxy groups -OCH3 is 2. The van der Waals surface area contributed by atoms with Gasteiger partial charge in [0.25, 0.3) is 11.7 Å². The summed E-state index contributed by atoms with van der Waals surface area (Å²) in [5, 5.41) is 11.4. The summed E-state index contributed by atoms with van der Waals surface area (Å²) in [5.41, 5.74) is 1.19. The van der Waals surface area contributed by atoms with E-state index in [4.69, 9.17) is 14.2 Å². The van der Waals surface area contributed by atoms with Crippen molar-refractivity contribution in [2.45, 2.75) is 26.0 Å². The third kappa shape index (κ3) is 4.91. The Balaban J connectivity index is 1.95. The maximum atomic E-state index is 13.5. The largest absolute Gasteiger partial charge is 0.507 e. The first-order valence-corrected chi connectivity index (χ1v) is 11.7. The van der Waals surface area contributed by atoms with Crippen LogP contribution in [0, 0.1) is 0 Å². The Kier molecular flexibility index (Phi) is 7.29. The molecule has 1 fully saturated rings. The highest BCUT2D eigenvalue weighted by Crippen LogP contribution is 2.45. The van der Waals surface area contributed by atoms with Crippen molar-refractivity contribution >= 4 is 29.1 Å². The highest BCUT2D eigenvalue weighted by Gasteiger charge is 2.48. The predicted molar refractivity (Wildman–Crippen MR) is 138 cm³/mol. The average molecular weight is 502 g/mol. The van der Waals surface area contributed by atoms with E-state index in [1.165, 1.54) is 25.2 Å². The summed E-state index contributed by atoms with van der Waals surface area (Å²) >= 11 is 0. The predicted octanol–water partition coefficient (Wildman–Crippen LogP) is 4.90. The number of benzene rings is 3. The fraction of sp³-hybridized carbons (Fsp3) is 0.207. The van der Waals surface area contributed by atoms with Crippen LogP contribution in [0.1, 0.15) is 41.4 Å². The molecule has 3 aromatic rings. The van der Waals surface area contributed by atoms with Crippen LogP contribution in [0.15, 0.2) is 78.4 Å². The molecule has 0 aromatic heterocycles. The second-order valence-corrected chi connectivity index (χ2v) is 8.65. The number of carbonyl (C=O) groups is 3. The van der Waals surface area contributed by atoms with Gasteiger partial charge in [-0.3, -0.25) is 14.5 Å². The molecule has 1 amide bonds. The molecular formula is C29H27NO7. The van der Waals surface area contributed by atoms with E-state index in [1.54, 1.807) is 66.7 Å². The van der Waals surface area contributed by atoms with Gasteiger partial charge < -0.3 is 19.3 Å². The van der Waals surface area contributed by atoms with Crippen molar-refractivity contribution in [1.82, 2.24) is 0 Å². The number of ether oxygens (including phenoxy) is 3. The highest BCUT2D eigenvalue weighted by molar-refractivity contribution is 6.51. The smallest absolute Gasteiger partial charge is 0.337 e. The van der Waals surface area contributed by atoms with Crippen molar-refractivity contribution < 1.29 is 33.7 Å². The molecule has 4 rings (SSSR count). The fourth-order valence-corrected chi connectivity index (χ4v) is 4.33. The molecule has 190 valence electrons. The Morgan fingerprint density at radius 1 is 0.919 bits per heavy atom. The molecule has 1 atom stereocenters. The van der Waals surface area contributed by atoms with Gasteiger partial charge in [-0.2, -0.15) is 0 Å². The molecule has 0 aliphatic carbocycles. The summed E-state index contributed by atoms with van der Waals surface area (Å²) < 4.78 is 16.1. The van der Waals surface area contributed by atoms with Crippen molar-refractivity contribution in [2.75, 3.05) is 19.1 Å². The van der Waals surface area contributed by atoms with Gasteiger partial charge in [0, 0.05) is 16.8 Å². The molecular weight excluding hydrogens is 474 g/mol. The van der Waals surface area contributed by atoms with Gasteiger partial charge in [0.05, 0.1) is 37.5 Å². The highest BCUT2D eigenvalue weighted by atomic mass is 16.5. The number of rotatable bonds is 7. The quantitative estimate of drug-likeness (QED) is 0.213. The molecule has 1 aliphatic rings. The lowest BCUT2D eigenvalue weighted by atomic mass is 9.94. The number of aliphatic hydroxyl groups is 1. The van der Waals surface area contributed by atoms with E-state index >= 15 is 0 Å². The molecule has 37 heavy (non-hydrogen) atoms. The molecule has 0 radical (unpaired) electrons. The summed E-state index contributed by atoms with van der Waals surface area (Å²) in [6, 6.07) is 18.8. The lowest BCUT2D eigenvalue weighted by Gasteiger charge is -2.27. The maximum absolute atomic E-state index is 13.5. The standard InChI is InChI=1S/C29H27NO7/c1-17(2)37-21-12-8-9-18(16-21)26(31)24-25(22-13-5-6-14-23(22)35-3)30(28(33)27(24)32)20-11-7-10-19(15-20)29(34)36-4/h5-17,25,31H,1-4H3/b26-24+. The van der Waals surface area contributed by atoms with E-state index in [-0.39, 0.29) is 28.7 Å². The fourth-order valence-electron chi connectivity index (χ4n) is 4.33. The van der Waals surface area contributed by atoms with Crippen LogP contribution in [-0.2, 0) is 14.3 Å². The maximum Gasteiger partial charge on any atom is 0.337 e. The minimum Gasteiger partial charge on any atom is -0.507 e. The lowest BCUT2D eigenvalue weighted by Crippen LogP contribution is -2.29. The number of para-hydroxylation sites is 1. The normalized spacial score (nSPS) is 16.7. The zero-order valence-corrected chi connectivity index (χ0v) is 20.9. The molecule has 1 saturated heterocycles. The van der Waals surface area contributed by atoms with E-state index in [0.717, 1.165) is 0 Å². The van der Waals surface area contributed by atoms with Gasteiger partial charge >= 0.3 is 5.97 Å². The second kappa shape index (κ2) is 10.6. The van der Waals surface area contributed by atoms with Crippen LogP contribution in [0.3, 0.4) is 0 Å². The molecule has 1 aliphatic heterocycles. The first-order valence-electron chi connectivity index (χ1n) is 11.7. The van der Waals surface area contributed by atoms with Gasteiger partial charge in [0.1, 0.15) is 17.3 Å². The lowest BCUT2D eigenvalue weighted by molar-refractivity contribution is -0.132. The minimum atomic E-state index is -1.03. The zero-order valence-electron chi connectivity index (χ0n) is 20.9.